The van der Waals surface area contributed by atoms with Gasteiger partial charge in [-0.05, 0) is 53.1 Å². The van der Waals surface area contributed by atoms with Gasteiger partial charge in [0.05, 0.1) is 36.8 Å². The van der Waals surface area contributed by atoms with Crippen LogP contribution >= 0.6 is 0 Å². The molecule has 0 bridgehead atoms. The molecule has 208 valence electrons. The highest BCUT2D eigenvalue weighted by atomic mass is 19.1. The Labute approximate surface area is 235 Å². The van der Waals surface area contributed by atoms with Crippen molar-refractivity contribution in [3.05, 3.63) is 129 Å². The first-order valence-electron chi connectivity index (χ1n) is 12.7. The standard InChI is InChI=1S/C31H26FN3O6/c1-40-23-14-9-20(10-15-23)29-28(30(36)33-26-17-22(35(38)39)13-16-27(26)41-2)24-5-3-4-6-25(24)31(37)34(29)18-19-7-11-21(32)12-8-19/h3-17,28-29H,18H2,1-2H3,(H,33,36)/t28-,29+/m1/s1. The molecule has 1 aliphatic heterocycles. The maximum Gasteiger partial charge on any atom is 0.271 e. The predicted octanol–water partition coefficient (Wildman–Crippen LogP) is 5.87. The van der Waals surface area contributed by atoms with Crippen molar-refractivity contribution in [2.75, 3.05) is 19.5 Å². The average Bonchev–Trinajstić information content (AvgIpc) is 2.99. The van der Waals surface area contributed by atoms with Crippen molar-refractivity contribution in [1.29, 1.82) is 0 Å². The summed E-state index contributed by atoms with van der Waals surface area (Å²) in [6.45, 7) is 0.105. The second-order valence-corrected chi connectivity index (χ2v) is 9.47. The lowest BCUT2D eigenvalue weighted by molar-refractivity contribution is -0.384. The van der Waals surface area contributed by atoms with Crippen LogP contribution in [0.3, 0.4) is 0 Å². The molecule has 4 aromatic rings. The minimum atomic E-state index is -0.915. The van der Waals surface area contributed by atoms with Crippen LogP contribution in [-0.4, -0.2) is 35.9 Å². The normalized spacial score (nSPS) is 16.1. The van der Waals surface area contributed by atoms with Gasteiger partial charge in [-0.1, -0.05) is 42.5 Å². The van der Waals surface area contributed by atoms with Crippen molar-refractivity contribution in [3.63, 3.8) is 0 Å². The van der Waals surface area contributed by atoms with Crippen LogP contribution in [-0.2, 0) is 11.3 Å². The van der Waals surface area contributed by atoms with Gasteiger partial charge in [0.25, 0.3) is 11.6 Å². The first kappa shape index (κ1) is 27.3. The highest BCUT2D eigenvalue weighted by Gasteiger charge is 2.44. The van der Waals surface area contributed by atoms with E-state index in [-0.39, 0.29) is 29.6 Å². The summed E-state index contributed by atoms with van der Waals surface area (Å²) in [4.78, 5) is 40.6. The molecular formula is C31H26FN3O6. The van der Waals surface area contributed by atoms with E-state index in [1.54, 1.807) is 72.7 Å². The van der Waals surface area contributed by atoms with Gasteiger partial charge in [-0.25, -0.2) is 4.39 Å². The van der Waals surface area contributed by atoms with Gasteiger partial charge in [-0.3, -0.25) is 19.7 Å². The fraction of sp³-hybridized carbons (Fsp3) is 0.161. The van der Waals surface area contributed by atoms with Gasteiger partial charge < -0.3 is 19.7 Å². The molecule has 5 rings (SSSR count). The Kier molecular flexibility index (Phi) is 7.64. The fourth-order valence-electron chi connectivity index (χ4n) is 5.13. The van der Waals surface area contributed by atoms with E-state index in [0.717, 1.165) is 0 Å². The molecule has 1 aliphatic rings. The zero-order valence-electron chi connectivity index (χ0n) is 22.2. The number of nitrogens with zero attached hydrogens (tertiary/aromatic N) is 2. The zero-order chi connectivity index (χ0) is 29.1. The van der Waals surface area contributed by atoms with Crippen LogP contribution in [0.2, 0.25) is 0 Å². The monoisotopic (exact) mass is 555 g/mol. The second kappa shape index (κ2) is 11.5. The fourth-order valence-corrected chi connectivity index (χ4v) is 5.13. The van der Waals surface area contributed by atoms with E-state index in [4.69, 9.17) is 9.47 Å². The Morgan fingerprint density at radius 2 is 1.68 bits per heavy atom. The number of nitrogens with one attached hydrogen (secondary N) is 1. The van der Waals surface area contributed by atoms with Gasteiger partial charge in [0.15, 0.2) is 0 Å². The van der Waals surface area contributed by atoms with E-state index in [2.05, 4.69) is 5.32 Å². The Morgan fingerprint density at radius 1 is 0.976 bits per heavy atom. The van der Waals surface area contributed by atoms with Crippen LogP contribution < -0.4 is 14.8 Å². The number of benzene rings is 4. The summed E-state index contributed by atoms with van der Waals surface area (Å²) in [5, 5.41) is 14.3. The zero-order valence-corrected chi connectivity index (χ0v) is 22.2. The Hall–Kier alpha value is -5.25. The molecule has 1 N–H and O–H groups in total. The van der Waals surface area contributed by atoms with Gasteiger partial charge in [-0.2, -0.15) is 0 Å². The van der Waals surface area contributed by atoms with Crippen molar-refractivity contribution in [3.8, 4) is 11.5 Å². The number of carbonyl (C=O) groups excluding carboxylic acids is 2. The Balaban J connectivity index is 1.64. The van der Waals surface area contributed by atoms with Gasteiger partial charge in [0, 0.05) is 24.2 Å². The van der Waals surface area contributed by atoms with E-state index >= 15 is 0 Å². The molecule has 0 spiro atoms. The lowest BCUT2D eigenvalue weighted by Crippen LogP contribution is -2.45. The lowest BCUT2D eigenvalue weighted by atomic mass is 9.79. The minimum Gasteiger partial charge on any atom is -0.497 e. The van der Waals surface area contributed by atoms with Crippen LogP contribution in [0.25, 0.3) is 0 Å². The molecule has 9 nitrogen and oxygen atoms in total. The molecule has 4 aromatic carbocycles. The van der Waals surface area contributed by atoms with E-state index in [9.17, 15) is 24.1 Å². The average molecular weight is 556 g/mol. The molecule has 0 unspecified atom stereocenters. The van der Waals surface area contributed by atoms with E-state index in [1.807, 2.05) is 0 Å². The molecule has 10 heteroatoms. The van der Waals surface area contributed by atoms with E-state index in [1.165, 1.54) is 37.4 Å². The summed E-state index contributed by atoms with van der Waals surface area (Å²) in [5.74, 6) is -1.26. The Bertz CT molecular complexity index is 1610. The molecule has 0 saturated heterocycles. The minimum absolute atomic E-state index is 0.105. The first-order chi connectivity index (χ1) is 19.8. The van der Waals surface area contributed by atoms with Crippen LogP contribution in [0, 0.1) is 15.9 Å². The molecule has 1 heterocycles. The number of nitro groups is 1. The van der Waals surface area contributed by atoms with Crippen molar-refractivity contribution in [2.24, 2.45) is 0 Å². The maximum atomic E-state index is 14.2. The summed E-state index contributed by atoms with van der Waals surface area (Å²) >= 11 is 0. The molecule has 0 saturated carbocycles. The number of fused-ring (bicyclic) bond motifs is 1. The van der Waals surface area contributed by atoms with Gasteiger partial charge in [0.2, 0.25) is 5.91 Å². The number of methoxy groups -OCH3 is 2. The summed E-state index contributed by atoms with van der Waals surface area (Å²) in [7, 11) is 2.94. The number of rotatable bonds is 8. The van der Waals surface area contributed by atoms with Crippen LogP contribution in [0.15, 0.2) is 91.0 Å². The summed E-state index contributed by atoms with van der Waals surface area (Å²) in [5.41, 5.74) is 2.12. The molecule has 0 aromatic heterocycles. The molecule has 0 radical (unpaired) electrons. The molecule has 0 aliphatic carbocycles. The highest BCUT2D eigenvalue weighted by molar-refractivity contribution is 6.05. The van der Waals surface area contributed by atoms with Crippen molar-refractivity contribution in [1.82, 2.24) is 4.90 Å². The molecule has 2 atom stereocenters. The summed E-state index contributed by atoms with van der Waals surface area (Å²) < 4.78 is 24.3. The van der Waals surface area contributed by atoms with Crippen molar-refractivity contribution >= 4 is 23.2 Å². The number of halogens is 1. The first-order valence-corrected chi connectivity index (χ1v) is 12.7. The van der Waals surface area contributed by atoms with E-state index < -0.39 is 28.6 Å². The molecule has 0 fully saturated rings. The van der Waals surface area contributed by atoms with Gasteiger partial charge in [0.1, 0.15) is 17.3 Å². The summed E-state index contributed by atoms with van der Waals surface area (Å²) in [6, 6.07) is 22.9. The lowest BCUT2D eigenvalue weighted by Gasteiger charge is -2.42. The van der Waals surface area contributed by atoms with Gasteiger partial charge >= 0.3 is 0 Å². The quantitative estimate of drug-likeness (QED) is 0.215. The summed E-state index contributed by atoms with van der Waals surface area (Å²) in [6.07, 6.45) is 0. The van der Waals surface area contributed by atoms with Crippen LogP contribution in [0.5, 0.6) is 11.5 Å². The molecular weight excluding hydrogens is 529 g/mol. The highest BCUT2D eigenvalue weighted by Crippen LogP contribution is 2.45. The number of amides is 2. The molecule has 41 heavy (non-hydrogen) atoms. The third kappa shape index (κ3) is 5.44. The second-order valence-electron chi connectivity index (χ2n) is 9.47. The predicted molar refractivity (Wildman–Crippen MR) is 149 cm³/mol. The van der Waals surface area contributed by atoms with Crippen LogP contribution in [0.1, 0.15) is 39.0 Å². The number of hydrogen-bond donors (Lipinski definition) is 1. The van der Waals surface area contributed by atoms with E-state index in [0.29, 0.717) is 28.0 Å². The number of non-ortho nitro benzene ring substituents is 1. The number of carbonyl (C=O) groups is 2. The number of nitro benzene ring substituents is 1. The molecule has 2 amide bonds. The van der Waals surface area contributed by atoms with Crippen LogP contribution in [0.4, 0.5) is 15.8 Å². The Morgan fingerprint density at radius 3 is 2.34 bits per heavy atom. The topological polar surface area (TPSA) is 111 Å². The third-order valence-electron chi connectivity index (χ3n) is 7.10. The number of hydrogen-bond acceptors (Lipinski definition) is 6. The maximum absolute atomic E-state index is 14.2. The number of ether oxygens (including phenoxy) is 2. The number of anilines is 1. The van der Waals surface area contributed by atoms with Gasteiger partial charge in [-0.15, -0.1) is 0 Å². The van der Waals surface area contributed by atoms with Crippen molar-refractivity contribution < 1.29 is 28.4 Å². The van der Waals surface area contributed by atoms with Crippen molar-refractivity contribution in [2.45, 2.75) is 18.5 Å². The smallest absolute Gasteiger partial charge is 0.271 e. The largest absolute Gasteiger partial charge is 0.497 e. The third-order valence-corrected chi connectivity index (χ3v) is 7.10. The SMILES string of the molecule is COc1ccc([C@H]2[C@H](C(=O)Nc3cc([N+](=O)[O-])ccc3OC)c3ccccc3C(=O)N2Cc2ccc(F)cc2)cc1.